The summed E-state index contributed by atoms with van der Waals surface area (Å²) in [5.74, 6) is -1.28. The van der Waals surface area contributed by atoms with Crippen LogP contribution in [-0.2, 0) is 9.63 Å². The number of carbonyl (C=O) groups excluding carboxylic acids is 3. The predicted molar refractivity (Wildman–Crippen MR) is 173 cm³/mol. The average molecular weight is 615 g/mol. The van der Waals surface area contributed by atoms with Gasteiger partial charge in [0.1, 0.15) is 0 Å². The summed E-state index contributed by atoms with van der Waals surface area (Å²) in [6.45, 7) is 2.77. The summed E-state index contributed by atoms with van der Waals surface area (Å²) >= 11 is 1.46. The van der Waals surface area contributed by atoms with Crippen molar-refractivity contribution >= 4 is 40.7 Å². The van der Waals surface area contributed by atoms with Gasteiger partial charge in [0, 0.05) is 51.1 Å². The van der Waals surface area contributed by atoms with Gasteiger partial charge in [0.2, 0.25) is 5.78 Å². The lowest BCUT2D eigenvalue weighted by Crippen LogP contribution is -2.18. The molecule has 0 spiro atoms. The second-order valence-electron chi connectivity index (χ2n) is 10.0. The molecule has 0 atom stereocenters. The molecule has 0 aliphatic heterocycles. The van der Waals surface area contributed by atoms with E-state index < -0.39 is 16.7 Å². The van der Waals surface area contributed by atoms with E-state index in [1.54, 1.807) is 43.3 Å². The van der Waals surface area contributed by atoms with Gasteiger partial charge < -0.3 is 4.84 Å². The molecule has 222 valence electrons. The van der Waals surface area contributed by atoms with E-state index in [1.807, 2.05) is 66.7 Å². The zero-order chi connectivity index (χ0) is 31.9. The van der Waals surface area contributed by atoms with Crippen LogP contribution in [0, 0.1) is 17.0 Å². The first-order chi connectivity index (χ1) is 21.7. The fourth-order valence-electron chi connectivity index (χ4n) is 4.58. The van der Waals surface area contributed by atoms with E-state index in [0.717, 1.165) is 27.8 Å². The van der Waals surface area contributed by atoms with E-state index in [0.29, 0.717) is 27.8 Å². The first kappa shape index (κ1) is 30.8. The molecule has 0 saturated carbocycles. The number of ketones is 2. The Labute approximate surface area is 263 Å². The Morgan fingerprint density at radius 1 is 0.711 bits per heavy atom. The third kappa shape index (κ3) is 7.46. The highest BCUT2D eigenvalue weighted by Crippen LogP contribution is 2.29. The Hall–Kier alpha value is -5.67. The number of nitro benzene ring substituents is 1. The first-order valence-electron chi connectivity index (χ1n) is 13.8. The topological polar surface area (TPSA) is 116 Å². The van der Waals surface area contributed by atoms with Gasteiger partial charge in [-0.3, -0.25) is 19.7 Å². The maximum absolute atomic E-state index is 13.4. The van der Waals surface area contributed by atoms with E-state index in [9.17, 15) is 24.5 Å². The van der Waals surface area contributed by atoms with Gasteiger partial charge in [0.15, 0.2) is 11.5 Å². The molecular formula is C36H26N2O6S. The van der Waals surface area contributed by atoms with Crippen molar-refractivity contribution in [1.82, 2.24) is 0 Å². The van der Waals surface area contributed by atoms with Gasteiger partial charge in [-0.2, -0.15) is 0 Å². The Bertz CT molecular complexity index is 1920. The molecular weight excluding hydrogens is 588 g/mol. The van der Waals surface area contributed by atoms with Crippen LogP contribution in [0.15, 0.2) is 136 Å². The number of oxime groups is 1. The molecule has 5 rings (SSSR count). The number of non-ortho nitro benzene ring substituents is 1. The van der Waals surface area contributed by atoms with Crippen molar-refractivity contribution in [2.24, 2.45) is 5.16 Å². The standard InChI is InChI=1S/C36H26N2O6S/c1-23-22-30(38(42)43)16-21-33(23)34(37-44-24(2)39)36(41)29-14-19-32(20-15-29)45-31-17-12-28(13-18-31)35(40)27-10-8-26(9-11-27)25-6-4-3-5-7-25/h3-22H,1-2H3/b37-34-. The summed E-state index contributed by atoms with van der Waals surface area (Å²) < 4.78 is 0. The smallest absolute Gasteiger partial charge is 0.318 e. The van der Waals surface area contributed by atoms with Gasteiger partial charge in [-0.25, -0.2) is 4.79 Å². The third-order valence-corrected chi connectivity index (χ3v) is 7.90. The van der Waals surface area contributed by atoms with Crippen LogP contribution in [0.3, 0.4) is 0 Å². The lowest BCUT2D eigenvalue weighted by Gasteiger charge is -2.09. The monoisotopic (exact) mass is 614 g/mol. The number of benzene rings is 5. The van der Waals surface area contributed by atoms with Crippen LogP contribution in [0.25, 0.3) is 11.1 Å². The van der Waals surface area contributed by atoms with Crippen LogP contribution < -0.4 is 0 Å². The van der Waals surface area contributed by atoms with Crippen molar-refractivity contribution in [1.29, 1.82) is 0 Å². The van der Waals surface area contributed by atoms with Crippen molar-refractivity contribution < 1.29 is 24.1 Å². The molecule has 0 bridgehead atoms. The Morgan fingerprint density at radius 2 is 1.24 bits per heavy atom. The molecule has 0 fully saturated rings. The molecule has 0 aliphatic rings. The van der Waals surface area contributed by atoms with Gasteiger partial charge in [0.05, 0.1) is 4.92 Å². The Balaban J connectivity index is 1.28. The molecule has 5 aromatic carbocycles. The number of nitrogens with zero attached hydrogens (tertiary/aromatic N) is 2. The highest BCUT2D eigenvalue weighted by Gasteiger charge is 2.21. The number of carbonyl (C=O) groups is 3. The van der Waals surface area contributed by atoms with Gasteiger partial charge in [0.25, 0.3) is 5.69 Å². The number of Topliss-reactive ketones (excluding diaryl/α,β-unsaturated/α-hetero) is 1. The van der Waals surface area contributed by atoms with Crippen molar-refractivity contribution in [2.45, 2.75) is 23.6 Å². The highest BCUT2D eigenvalue weighted by molar-refractivity contribution is 7.99. The minimum absolute atomic E-state index is 0.0662. The highest BCUT2D eigenvalue weighted by atomic mass is 32.2. The summed E-state index contributed by atoms with van der Waals surface area (Å²) in [5.41, 5.74) is 4.08. The summed E-state index contributed by atoms with van der Waals surface area (Å²) in [6.07, 6.45) is 0. The number of rotatable bonds is 10. The number of nitro groups is 1. The van der Waals surface area contributed by atoms with Gasteiger partial charge in [-0.05, 0) is 78.2 Å². The summed E-state index contributed by atoms with van der Waals surface area (Å²) in [5, 5.41) is 14.9. The van der Waals surface area contributed by atoms with E-state index in [4.69, 9.17) is 4.84 Å². The molecule has 5 aromatic rings. The van der Waals surface area contributed by atoms with Gasteiger partial charge >= 0.3 is 5.97 Å². The quantitative estimate of drug-likeness (QED) is 0.0513. The molecule has 9 heteroatoms. The SMILES string of the molecule is CC(=O)O/N=C(\C(=O)c1ccc(Sc2ccc(C(=O)c3ccc(-c4ccccc4)cc3)cc2)cc1)c1ccc([N+](=O)[O-])cc1C. The lowest BCUT2D eigenvalue weighted by atomic mass is 9.97. The Kier molecular flexibility index (Phi) is 9.40. The molecule has 0 N–H and O–H groups in total. The first-order valence-corrected chi connectivity index (χ1v) is 14.6. The Morgan fingerprint density at radius 3 is 1.78 bits per heavy atom. The fraction of sp³-hybridized carbons (Fsp3) is 0.0556. The molecule has 45 heavy (non-hydrogen) atoms. The van der Waals surface area contributed by atoms with Crippen LogP contribution in [-0.4, -0.2) is 28.2 Å². The average Bonchev–Trinajstić information content (AvgIpc) is 3.06. The second kappa shape index (κ2) is 13.7. The van der Waals surface area contributed by atoms with Gasteiger partial charge in [-0.1, -0.05) is 71.5 Å². The van der Waals surface area contributed by atoms with E-state index >= 15 is 0 Å². The number of hydrogen-bond acceptors (Lipinski definition) is 8. The maximum Gasteiger partial charge on any atom is 0.332 e. The van der Waals surface area contributed by atoms with Crippen molar-refractivity contribution in [3.63, 3.8) is 0 Å². The summed E-state index contributed by atoms with van der Waals surface area (Å²) in [7, 11) is 0. The molecule has 0 saturated heterocycles. The third-order valence-electron chi connectivity index (χ3n) is 6.88. The van der Waals surface area contributed by atoms with Crippen molar-refractivity contribution in [2.75, 3.05) is 0 Å². The van der Waals surface area contributed by atoms with Crippen LogP contribution in [0.5, 0.6) is 0 Å². The number of aryl methyl sites for hydroxylation is 1. The molecule has 0 radical (unpaired) electrons. The van der Waals surface area contributed by atoms with Crippen LogP contribution in [0.2, 0.25) is 0 Å². The van der Waals surface area contributed by atoms with E-state index in [-0.39, 0.29) is 17.2 Å². The largest absolute Gasteiger partial charge is 0.332 e. The zero-order valence-electron chi connectivity index (χ0n) is 24.3. The van der Waals surface area contributed by atoms with Crippen LogP contribution in [0.1, 0.15) is 44.3 Å². The van der Waals surface area contributed by atoms with Crippen molar-refractivity contribution in [3.8, 4) is 11.1 Å². The molecule has 0 aliphatic carbocycles. The summed E-state index contributed by atoms with van der Waals surface area (Å²) in [4.78, 5) is 55.1. The van der Waals surface area contributed by atoms with E-state index in [2.05, 4.69) is 5.16 Å². The predicted octanol–water partition coefficient (Wildman–Crippen LogP) is 8.10. The molecule has 8 nitrogen and oxygen atoms in total. The van der Waals surface area contributed by atoms with Crippen LogP contribution >= 0.6 is 11.8 Å². The zero-order valence-corrected chi connectivity index (χ0v) is 25.1. The molecule has 0 heterocycles. The number of hydrogen-bond donors (Lipinski definition) is 0. The lowest BCUT2D eigenvalue weighted by molar-refractivity contribution is -0.384. The van der Waals surface area contributed by atoms with Crippen LogP contribution in [0.4, 0.5) is 5.69 Å². The van der Waals surface area contributed by atoms with Crippen molar-refractivity contribution in [3.05, 3.63) is 159 Å². The molecule has 0 aromatic heterocycles. The van der Waals surface area contributed by atoms with Gasteiger partial charge in [-0.15, -0.1) is 0 Å². The summed E-state index contributed by atoms with van der Waals surface area (Å²) in [6, 6.07) is 35.7. The van der Waals surface area contributed by atoms with E-state index in [1.165, 1.54) is 30.0 Å². The molecule has 0 amide bonds. The second-order valence-corrected chi connectivity index (χ2v) is 11.2. The normalized spacial score (nSPS) is 11.1. The fourth-order valence-corrected chi connectivity index (χ4v) is 5.40. The minimum Gasteiger partial charge on any atom is -0.318 e. The molecule has 0 unspecified atom stereocenters. The minimum atomic E-state index is -0.708. The maximum atomic E-state index is 13.4.